The number of aryl methyl sites for hydroxylation is 1. The molecule has 1 N–H and O–H groups in total. The maximum absolute atomic E-state index is 13.4. The summed E-state index contributed by atoms with van der Waals surface area (Å²) in [5.41, 5.74) is 2.77. The average molecular weight is 287 g/mol. The summed E-state index contributed by atoms with van der Waals surface area (Å²) in [7, 11) is 0. The van der Waals surface area contributed by atoms with Crippen molar-refractivity contribution in [1.82, 2.24) is 9.97 Å². The van der Waals surface area contributed by atoms with Crippen molar-refractivity contribution >= 4 is 5.82 Å². The van der Waals surface area contributed by atoms with E-state index in [4.69, 9.17) is 0 Å². The first-order valence-corrected chi connectivity index (χ1v) is 7.41. The molecular formula is C17H22FN3. The van der Waals surface area contributed by atoms with E-state index in [2.05, 4.69) is 36.1 Å². The lowest BCUT2D eigenvalue weighted by Gasteiger charge is -2.17. The summed E-state index contributed by atoms with van der Waals surface area (Å²) in [4.78, 5) is 9.17. The van der Waals surface area contributed by atoms with E-state index in [-0.39, 0.29) is 5.82 Å². The number of aromatic nitrogens is 2. The first-order chi connectivity index (χ1) is 10.0. The summed E-state index contributed by atoms with van der Waals surface area (Å²) in [6, 6.07) is 6.40. The Balaban J connectivity index is 2.51. The molecule has 0 aliphatic rings. The number of nitrogens with one attached hydrogen (secondary N) is 1. The molecule has 1 aromatic heterocycles. The Morgan fingerprint density at radius 2 is 2.00 bits per heavy atom. The van der Waals surface area contributed by atoms with Crippen molar-refractivity contribution in [3.05, 3.63) is 41.3 Å². The van der Waals surface area contributed by atoms with Gasteiger partial charge in [-0.1, -0.05) is 32.9 Å². The number of anilines is 1. The molecule has 0 aliphatic heterocycles. The van der Waals surface area contributed by atoms with E-state index in [1.165, 1.54) is 12.1 Å². The Hall–Kier alpha value is -1.97. The standard InChI is InChI=1S/C17H22FN3/c1-5-9-19-17-15(11(2)3)12(4)20-16(21-17)13-7-6-8-14(18)10-13/h6-8,10-11H,5,9H2,1-4H3,(H,19,20,21). The van der Waals surface area contributed by atoms with Gasteiger partial charge in [0.2, 0.25) is 0 Å². The van der Waals surface area contributed by atoms with Crippen LogP contribution in [0.2, 0.25) is 0 Å². The van der Waals surface area contributed by atoms with Crippen LogP contribution in [0.4, 0.5) is 10.2 Å². The van der Waals surface area contributed by atoms with Crippen molar-refractivity contribution < 1.29 is 4.39 Å². The van der Waals surface area contributed by atoms with Gasteiger partial charge >= 0.3 is 0 Å². The van der Waals surface area contributed by atoms with Crippen molar-refractivity contribution in [2.75, 3.05) is 11.9 Å². The van der Waals surface area contributed by atoms with E-state index in [9.17, 15) is 4.39 Å². The summed E-state index contributed by atoms with van der Waals surface area (Å²) in [5.74, 6) is 1.49. The quantitative estimate of drug-likeness (QED) is 0.877. The van der Waals surface area contributed by atoms with Gasteiger partial charge < -0.3 is 5.32 Å². The van der Waals surface area contributed by atoms with Gasteiger partial charge in [0.05, 0.1) is 0 Å². The molecule has 0 aliphatic carbocycles. The fourth-order valence-electron chi connectivity index (χ4n) is 2.41. The van der Waals surface area contributed by atoms with Gasteiger partial charge in [-0.05, 0) is 31.4 Å². The van der Waals surface area contributed by atoms with Crippen molar-refractivity contribution in [2.45, 2.75) is 40.0 Å². The number of halogens is 1. The van der Waals surface area contributed by atoms with Crippen LogP contribution >= 0.6 is 0 Å². The Kier molecular flexibility index (Phi) is 4.89. The largest absolute Gasteiger partial charge is 0.370 e. The zero-order valence-electron chi connectivity index (χ0n) is 13.1. The third kappa shape index (κ3) is 3.57. The maximum Gasteiger partial charge on any atom is 0.161 e. The fraction of sp³-hybridized carbons (Fsp3) is 0.412. The Bertz CT molecular complexity index is 623. The molecule has 2 aromatic rings. The summed E-state index contributed by atoms with van der Waals surface area (Å²) in [6.45, 7) is 9.22. The highest BCUT2D eigenvalue weighted by Crippen LogP contribution is 2.28. The molecule has 0 radical (unpaired) electrons. The summed E-state index contributed by atoms with van der Waals surface area (Å²) in [5, 5.41) is 3.37. The van der Waals surface area contributed by atoms with Crippen molar-refractivity contribution in [3.63, 3.8) is 0 Å². The molecule has 112 valence electrons. The van der Waals surface area contributed by atoms with Crippen LogP contribution in [0.25, 0.3) is 11.4 Å². The SMILES string of the molecule is CCCNc1nc(-c2cccc(F)c2)nc(C)c1C(C)C. The minimum absolute atomic E-state index is 0.273. The number of hydrogen-bond acceptors (Lipinski definition) is 3. The predicted molar refractivity (Wildman–Crippen MR) is 85.0 cm³/mol. The van der Waals surface area contributed by atoms with Gasteiger partial charge in [0.1, 0.15) is 11.6 Å². The highest BCUT2D eigenvalue weighted by Gasteiger charge is 2.15. The normalized spacial score (nSPS) is 11.0. The first kappa shape index (κ1) is 15.4. The zero-order valence-corrected chi connectivity index (χ0v) is 13.1. The molecule has 0 fully saturated rings. The van der Waals surface area contributed by atoms with Crippen LogP contribution in [0, 0.1) is 12.7 Å². The van der Waals surface area contributed by atoms with Crippen molar-refractivity contribution in [3.8, 4) is 11.4 Å². The van der Waals surface area contributed by atoms with E-state index in [0.717, 1.165) is 30.0 Å². The minimum atomic E-state index is -0.273. The summed E-state index contributed by atoms with van der Waals surface area (Å²) >= 11 is 0. The molecule has 0 amide bonds. The molecule has 1 aromatic carbocycles. The molecule has 0 spiro atoms. The predicted octanol–water partition coefficient (Wildman–Crippen LogP) is 4.54. The van der Waals surface area contributed by atoms with Gasteiger partial charge in [-0.2, -0.15) is 0 Å². The molecule has 4 heteroatoms. The van der Waals surface area contributed by atoms with Crippen LogP contribution in [0.15, 0.2) is 24.3 Å². The second kappa shape index (κ2) is 6.66. The second-order valence-corrected chi connectivity index (χ2v) is 5.49. The summed E-state index contributed by atoms with van der Waals surface area (Å²) in [6.07, 6.45) is 1.02. The molecule has 3 nitrogen and oxygen atoms in total. The second-order valence-electron chi connectivity index (χ2n) is 5.49. The van der Waals surface area contributed by atoms with E-state index in [1.54, 1.807) is 6.07 Å². The number of hydrogen-bond donors (Lipinski definition) is 1. The third-order valence-electron chi connectivity index (χ3n) is 3.34. The first-order valence-electron chi connectivity index (χ1n) is 7.41. The van der Waals surface area contributed by atoms with Crippen LogP contribution in [0.3, 0.4) is 0 Å². The van der Waals surface area contributed by atoms with Gasteiger partial charge in [0.15, 0.2) is 5.82 Å². The lowest BCUT2D eigenvalue weighted by atomic mass is 10.0. The van der Waals surface area contributed by atoms with Crippen LogP contribution < -0.4 is 5.32 Å². The van der Waals surface area contributed by atoms with E-state index < -0.39 is 0 Å². The van der Waals surface area contributed by atoms with Crippen molar-refractivity contribution in [1.29, 1.82) is 0 Å². The van der Waals surface area contributed by atoms with E-state index in [1.807, 2.05) is 13.0 Å². The molecule has 1 heterocycles. The van der Waals surface area contributed by atoms with E-state index in [0.29, 0.717) is 17.3 Å². The minimum Gasteiger partial charge on any atom is -0.370 e. The lowest BCUT2D eigenvalue weighted by molar-refractivity contribution is 0.628. The van der Waals surface area contributed by atoms with Gasteiger partial charge in [0.25, 0.3) is 0 Å². The topological polar surface area (TPSA) is 37.8 Å². The molecule has 0 atom stereocenters. The highest BCUT2D eigenvalue weighted by atomic mass is 19.1. The zero-order chi connectivity index (χ0) is 15.4. The monoisotopic (exact) mass is 287 g/mol. The third-order valence-corrected chi connectivity index (χ3v) is 3.34. The molecule has 0 saturated carbocycles. The lowest BCUT2D eigenvalue weighted by Crippen LogP contribution is -2.10. The maximum atomic E-state index is 13.4. The van der Waals surface area contributed by atoms with Crippen LogP contribution in [0.1, 0.15) is 44.4 Å². The molecule has 0 bridgehead atoms. The fourth-order valence-corrected chi connectivity index (χ4v) is 2.41. The molecule has 0 unspecified atom stereocenters. The van der Waals surface area contributed by atoms with Gasteiger partial charge in [-0.15, -0.1) is 0 Å². The van der Waals surface area contributed by atoms with Gasteiger partial charge in [0, 0.05) is 23.4 Å². The Labute approximate surface area is 125 Å². The van der Waals surface area contributed by atoms with Gasteiger partial charge in [-0.25, -0.2) is 14.4 Å². The Morgan fingerprint density at radius 1 is 1.24 bits per heavy atom. The smallest absolute Gasteiger partial charge is 0.161 e. The van der Waals surface area contributed by atoms with Crippen LogP contribution in [-0.2, 0) is 0 Å². The highest BCUT2D eigenvalue weighted by molar-refractivity contribution is 5.60. The van der Waals surface area contributed by atoms with Crippen LogP contribution in [-0.4, -0.2) is 16.5 Å². The molecule has 21 heavy (non-hydrogen) atoms. The Morgan fingerprint density at radius 3 is 2.62 bits per heavy atom. The molecule has 0 saturated heterocycles. The molecule has 2 rings (SSSR count). The molecular weight excluding hydrogens is 265 g/mol. The van der Waals surface area contributed by atoms with E-state index >= 15 is 0 Å². The van der Waals surface area contributed by atoms with Crippen LogP contribution in [0.5, 0.6) is 0 Å². The van der Waals surface area contributed by atoms with Crippen molar-refractivity contribution in [2.24, 2.45) is 0 Å². The number of nitrogens with zero attached hydrogens (tertiary/aromatic N) is 2. The van der Waals surface area contributed by atoms with Gasteiger partial charge in [-0.3, -0.25) is 0 Å². The average Bonchev–Trinajstić information content (AvgIpc) is 2.44. The summed E-state index contributed by atoms with van der Waals surface area (Å²) < 4.78 is 13.4. The number of rotatable bonds is 5. The number of benzene rings is 1.